The van der Waals surface area contributed by atoms with Crippen molar-refractivity contribution in [3.8, 4) is 0 Å². The van der Waals surface area contributed by atoms with Crippen LogP contribution in [0.15, 0.2) is 24.3 Å². The van der Waals surface area contributed by atoms with Crippen LogP contribution in [-0.4, -0.2) is 25.7 Å². The molecule has 0 spiro atoms. The van der Waals surface area contributed by atoms with Gasteiger partial charge in [-0.05, 0) is 12.1 Å². The van der Waals surface area contributed by atoms with Crippen LogP contribution < -0.4 is 11.1 Å². The number of ether oxygens (including phenoxy) is 1. The van der Waals surface area contributed by atoms with Gasteiger partial charge in [0.2, 0.25) is 0 Å². The third-order valence-corrected chi connectivity index (χ3v) is 1.92. The molecule has 4 nitrogen and oxygen atoms in total. The van der Waals surface area contributed by atoms with Crippen LogP contribution in [0.1, 0.15) is 0 Å². The van der Waals surface area contributed by atoms with E-state index in [2.05, 4.69) is 5.32 Å². The fraction of sp³-hybridized carbons (Fsp3) is 0.300. The first kappa shape index (κ1) is 14.8. The van der Waals surface area contributed by atoms with Gasteiger partial charge in [0.1, 0.15) is 11.9 Å². The van der Waals surface area contributed by atoms with Crippen molar-refractivity contribution < 1.29 is 13.9 Å². The van der Waals surface area contributed by atoms with E-state index >= 15 is 0 Å². The molecule has 0 radical (unpaired) electrons. The lowest BCUT2D eigenvalue weighted by atomic mass is 10.2. The maximum absolute atomic E-state index is 13.1. The Morgan fingerprint density at radius 1 is 1.56 bits per heavy atom. The lowest BCUT2D eigenvalue weighted by molar-refractivity contribution is -0.125. The third kappa shape index (κ3) is 3.77. The molecule has 90 valence electrons. The monoisotopic (exact) mass is 248 g/mol. The molecular weight excluding hydrogens is 235 g/mol. The number of hydrogen-bond donors (Lipinski definition) is 2. The van der Waals surface area contributed by atoms with Crippen molar-refractivity contribution in [1.29, 1.82) is 0 Å². The van der Waals surface area contributed by atoms with Crippen LogP contribution in [-0.2, 0) is 9.53 Å². The zero-order valence-electron chi connectivity index (χ0n) is 8.77. The first-order valence-electron chi connectivity index (χ1n) is 4.47. The summed E-state index contributed by atoms with van der Waals surface area (Å²) in [6.45, 7) is 0.0524. The summed E-state index contributed by atoms with van der Waals surface area (Å²) in [6.07, 6.45) is -0.760. The van der Waals surface area contributed by atoms with E-state index in [1.54, 1.807) is 12.1 Å². The summed E-state index contributed by atoms with van der Waals surface area (Å²) in [7, 11) is 1.37. The van der Waals surface area contributed by atoms with E-state index in [0.29, 0.717) is 0 Å². The first-order valence-corrected chi connectivity index (χ1v) is 4.47. The summed E-state index contributed by atoms with van der Waals surface area (Å²) < 4.78 is 17.9. The van der Waals surface area contributed by atoms with Crippen molar-refractivity contribution in [1.82, 2.24) is 0 Å². The Balaban J connectivity index is 0.00000225. The van der Waals surface area contributed by atoms with Crippen molar-refractivity contribution in [3.05, 3.63) is 30.1 Å². The standard InChI is InChI=1S/C10H13FN2O2.ClH/c1-15-9(6-12)10(14)13-8-5-3-2-4-7(8)11;/h2-5,9H,6,12H2,1H3,(H,13,14);1H. The predicted molar refractivity (Wildman–Crippen MR) is 62.1 cm³/mol. The molecule has 0 saturated heterocycles. The average molecular weight is 249 g/mol. The third-order valence-electron chi connectivity index (χ3n) is 1.92. The molecule has 1 atom stereocenters. The maximum Gasteiger partial charge on any atom is 0.254 e. The van der Waals surface area contributed by atoms with Crippen LogP contribution in [0.2, 0.25) is 0 Å². The van der Waals surface area contributed by atoms with Crippen LogP contribution >= 0.6 is 12.4 Å². The van der Waals surface area contributed by atoms with E-state index < -0.39 is 17.8 Å². The Morgan fingerprint density at radius 3 is 2.69 bits per heavy atom. The van der Waals surface area contributed by atoms with Gasteiger partial charge in [-0.15, -0.1) is 12.4 Å². The molecule has 0 aliphatic heterocycles. The number of rotatable bonds is 4. The summed E-state index contributed by atoms with van der Waals surface area (Å²) >= 11 is 0. The van der Waals surface area contributed by atoms with Crippen molar-refractivity contribution >= 4 is 24.0 Å². The molecule has 0 heterocycles. The Hall–Kier alpha value is -1.17. The fourth-order valence-electron chi connectivity index (χ4n) is 1.09. The van der Waals surface area contributed by atoms with Gasteiger partial charge in [0.15, 0.2) is 0 Å². The molecule has 1 amide bonds. The molecule has 1 aromatic carbocycles. The van der Waals surface area contributed by atoms with Gasteiger partial charge in [-0.2, -0.15) is 0 Å². The van der Waals surface area contributed by atoms with Crippen LogP contribution in [0.25, 0.3) is 0 Å². The molecular formula is C10H14ClFN2O2. The predicted octanol–water partition coefficient (Wildman–Crippen LogP) is 1.16. The minimum atomic E-state index is -0.760. The number of carbonyl (C=O) groups excluding carboxylic acids is 1. The molecule has 0 aromatic heterocycles. The number of para-hydroxylation sites is 1. The second kappa shape index (κ2) is 7.16. The second-order valence-electron chi connectivity index (χ2n) is 2.93. The van der Waals surface area contributed by atoms with E-state index in [1.165, 1.54) is 19.2 Å². The maximum atomic E-state index is 13.1. The van der Waals surface area contributed by atoms with E-state index in [0.717, 1.165) is 0 Å². The van der Waals surface area contributed by atoms with Crippen molar-refractivity contribution in [2.24, 2.45) is 5.73 Å². The van der Waals surface area contributed by atoms with Crippen LogP contribution in [0.3, 0.4) is 0 Å². The zero-order chi connectivity index (χ0) is 11.3. The number of anilines is 1. The molecule has 0 bridgehead atoms. The number of halogens is 2. The SMILES string of the molecule is COC(CN)C(=O)Nc1ccccc1F.Cl. The van der Waals surface area contributed by atoms with Gasteiger partial charge in [0.25, 0.3) is 5.91 Å². The van der Waals surface area contributed by atoms with E-state index in [1.807, 2.05) is 0 Å². The lowest BCUT2D eigenvalue weighted by Gasteiger charge is -2.13. The summed E-state index contributed by atoms with van der Waals surface area (Å²) in [5.41, 5.74) is 5.42. The van der Waals surface area contributed by atoms with Gasteiger partial charge in [0.05, 0.1) is 5.69 Å². The van der Waals surface area contributed by atoms with Gasteiger partial charge in [0, 0.05) is 13.7 Å². The first-order chi connectivity index (χ1) is 7.19. The highest BCUT2D eigenvalue weighted by Crippen LogP contribution is 2.12. The number of nitrogens with one attached hydrogen (secondary N) is 1. The van der Waals surface area contributed by atoms with Crippen molar-refractivity contribution in [2.75, 3.05) is 19.0 Å². The zero-order valence-corrected chi connectivity index (χ0v) is 9.59. The molecule has 16 heavy (non-hydrogen) atoms. The van der Waals surface area contributed by atoms with Gasteiger partial charge in [-0.25, -0.2) is 4.39 Å². The fourth-order valence-corrected chi connectivity index (χ4v) is 1.09. The Kier molecular flexibility index (Phi) is 6.64. The number of carbonyl (C=O) groups is 1. The van der Waals surface area contributed by atoms with Gasteiger partial charge in [-0.3, -0.25) is 4.79 Å². The highest BCUT2D eigenvalue weighted by molar-refractivity contribution is 5.94. The Labute approximate surface area is 99.4 Å². The number of methoxy groups -OCH3 is 1. The smallest absolute Gasteiger partial charge is 0.254 e. The summed E-state index contributed by atoms with van der Waals surface area (Å²) in [5.74, 6) is -0.942. The lowest BCUT2D eigenvalue weighted by Crippen LogP contribution is -2.36. The van der Waals surface area contributed by atoms with Crippen LogP contribution in [0.5, 0.6) is 0 Å². The van der Waals surface area contributed by atoms with Gasteiger partial charge >= 0.3 is 0 Å². The van der Waals surface area contributed by atoms with Crippen molar-refractivity contribution in [2.45, 2.75) is 6.10 Å². The minimum absolute atomic E-state index is 0. The molecule has 6 heteroatoms. The molecule has 1 rings (SSSR count). The highest BCUT2D eigenvalue weighted by Gasteiger charge is 2.16. The summed E-state index contributed by atoms with van der Waals surface area (Å²) in [5, 5.41) is 2.39. The summed E-state index contributed by atoms with van der Waals surface area (Å²) in [4.78, 5) is 11.4. The second-order valence-corrected chi connectivity index (χ2v) is 2.93. The van der Waals surface area contributed by atoms with E-state index in [4.69, 9.17) is 10.5 Å². The molecule has 3 N–H and O–H groups in total. The number of amides is 1. The van der Waals surface area contributed by atoms with Gasteiger partial charge < -0.3 is 15.8 Å². The molecule has 1 unspecified atom stereocenters. The Morgan fingerprint density at radius 2 is 2.19 bits per heavy atom. The number of benzene rings is 1. The number of hydrogen-bond acceptors (Lipinski definition) is 3. The van der Waals surface area contributed by atoms with Gasteiger partial charge in [-0.1, -0.05) is 12.1 Å². The largest absolute Gasteiger partial charge is 0.370 e. The molecule has 0 fully saturated rings. The average Bonchev–Trinajstić information content (AvgIpc) is 2.23. The number of nitrogens with two attached hydrogens (primary N) is 1. The highest BCUT2D eigenvalue weighted by atomic mass is 35.5. The Bertz CT molecular complexity index is 345. The topological polar surface area (TPSA) is 64.3 Å². The molecule has 0 aliphatic rings. The van der Waals surface area contributed by atoms with Crippen LogP contribution in [0.4, 0.5) is 10.1 Å². The quantitative estimate of drug-likeness (QED) is 0.841. The normalized spacial score (nSPS) is 11.4. The molecule has 0 saturated carbocycles. The van der Waals surface area contributed by atoms with E-state index in [-0.39, 0.29) is 24.6 Å². The van der Waals surface area contributed by atoms with Crippen molar-refractivity contribution in [3.63, 3.8) is 0 Å². The molecule has 0 aliphatic carbocycles. The van der Waals surface area contributed by atoms with Crippen LogP contribution in [0, 0.1) is 5.82 Å². The summed E-state index contributed by atoms with van der Waals surface area (Å²) in [6, 6.07) is 5.90. The van der Waals surface area contributed by atoms with E-state index in [9.17, 15) is 9.18 Å². The molecule has 1 aromatic rings. The minimum Gasteiger partial charge on any atom is -0.370 e.